The van der Waals surface area contributed by atoms with Gasteiger partial charge in [0.1, 0.15) is 5.82 Å². The molecule has 0 bridgehead atoms. The molecule has 3 aromatic carbocycles. The molecule has 1 aromatic heterocycles. The summed E-state index contributed by atoms with van der Waals surface area (Å²) < 4.78 is 1.81. The summed E-state index contributed by atoms with van der Waals surface area (Å²) in [5, 5.41) is 0.663. The molecule has 0 fully saturated rings. The average molecular weight is 340 g/mol. The van der Waals surface area contributed by atoms with Crippen LogP contribution in [-0.2, 0) is 13.0 Å². The molecule has 4 aromatic rings. The first-order chi connectivity index (χ1) is 12.7. The molecule has 0 aliphatic heterocycles. The van der Waals surface area contributed by atoms with Crippen molar-refractivity contribution in [1.29, 1.82) is 0 Å². The molecule has 0 atom stereocenters. The highest BCUT2D eigenvalue weighted by atomic mass is 16.1. The van der Waals surface area contributed by atoms with Crippen molar-refractivity contribution in [3.63, 3.8) is 0 Å². The molecule has 3 nitrogen and oxygen atoms in total. The van der Waals surface area contributed by atoms with Gasteiger partial charge < -0.3 is 0 Å². The van der Waals surface area contributed by atoms with Crippen LogP contribution in [0.3, 0.4) is 0 Å². The Hall–Kier alpha value is -3.20. The van der Waals surface area contributed by atoms with Crippen LogP contribution >= 0.6 is 0 Å². The molecule has 1 heterocycles. The van der Waals surface area contributed by atoms with Gasteiger partial charge in [-0.25, -0.2) is 4.98 Å². The van der Waals surface area contributed by atoms with Crippen LogP contribution in [0.2, 0.25) is 0 Å². The van der Waals surface area contributed by atoms with Crippen molar-refractivity contribution in [2.45, 2.75) is 19.9 Å². The minimum Gasteiger partial charge on any atom is -0.292 e. The number of para-hydroxylation sites is 1. The van der Waals surface area contributed by atoms with E-state index in [1.807, 2.05) is 54.6 Å². The minimum absolute atomic E-state index is 0.0158. The zero-order valence-electron chi connectivity index (χ0n) is 14.7. The summed E-state index contributed by atoms with van der Waals surface area (Å²) in [6.07, 6.45) is 0.791. The molecule has 0 aliphatic carbocycles. The highest BCUT2D eigenvalue weighted by molar-refractivity contribution is 5.79. The van der Waals surface area contributed by atoms with E-state index in [2.05, 4.69) is 31.2 Å². The molecule has 0 unspecified atom stereocenters. The fourth-order valence-electron chi connectivity index (χ4n) is 3.18. The largest absolute Gasteiger partial charge is 0.292 e. The summed E-state index contributed by atoms with van der Waals surface area (Å²) in [7, 11) is 0. The maximum Gasteiger partial charge on any atom is 0.261 e. The lowest BCUT2D eigenvalue weighted by molar-refractivity contribution is 0.671. The summed E-state index contributed by atoms with van der Waals surface area (Å²) in [5.74, 6) is 0.727. The van der Waals surface area contributed by atoms with Crippen LogP contribution in [0.15, 0.2) is 83.7 Å². The first-order valence-electron chi connectivity index (χ1n) is 8.83. The Balaban J connectivity index is 1.85. The standard InChI is InChI=1S/C23H20N2O/c1-17-11-13-19(14-12-17)22-24-21-10-6-5-9-20(21)23(26)25(22)16-15-18-7-3-2-4-8-18/h2-14H,15-16H2,1H3. The van der Waals surface area contributed by atoms with Crippen molar-refractivity contribution in [2.24, 2.45) is 0 Å². The zero-order valence-corrected chi connectivity index (χ0v) is 14.7. The van der Waals surface area contributed by atoms with E-state index in [1.165, 1.54) is 11.1 Å². The number of rotatable bonds is 4. The molecule has 0 radical (unpaired) electrons. The van der Waals surface area contributed by atoms with Crippen molar-refractivity contribution in [3.05, 3.63) is 100 Å². The Morgan fingerprint density at radius 3 is 2.31 bits per heavy atom. The van der Waals surface area contributed by atoms with Crippen LogP contribution in [0.1, 0.15) is 11.1 Å². The third-order valence-corrected chi connectivity index (χ3v) is 4.64. The molecule has 0 spiro atoms. The van der Waals surface area contributed by atoms with Gasteiger partial charge in [0.2, 0.25) is 0 Å². The lowest BCUT2D eigenvalue weighted by atomic mass is 10.1. The minimum atomic E-state index is 0.0158. The molecule has 0 aliphatic rings. The molecule has 26 heavy (non-hydrogen) atoms. The van der Waals surface area contributed by atoms with Gasteiger partial charge in [-0.1, -0.05) is 72.3 Å². The number of benzene rings is 3. The van der Waals surface area contributed by atoms with E-state index in [0.717, 1.165) is 23.3 Å². The Morgan fingerprint density at radius 1 is 0.846 bits per heavy atom. The number of hydrogen-bond donors (Lipinski definition) is 0. The average Bonchev–Trinajstić information content (AvgIpc) is 2.69. The maximum atomic E-state index is 13.1. The van der Waals surface area contributed by atoms with Crippen molar-refractivity contribution in [1.82, 2.24) is 9.55 Å². The molecule has 0 saturated heterocycles. The normalized spacial score (nSPS) is 11.0. The maximum absolute atomic E-state index is 13.1. The van der Waals surface area contributed by atoms with Gasteiger partial charge in [-0.2, -0.15) is 0 Å². The molecule has 3 heteroatoms. The number of hydrogen-bond acceptors (Lipinski definition) is 2. The second kappa shape index (κ2) is 6.96. The summed E-state index contributed by atoms with van der Waals surface area (Å²) in [4.78, 5) is 17.9. The molecular formula is C23H20N2O. The molecule has 0 N–H and O–H groups in total. The van der Waals surface area contributed by atoms with Crippen LogP contribution in [0.25, 0.3) is 22.3 Å². The Bertz CT molecular complexity index is 1100. The summed E-state index contributed by atoms with van der Waals surface area (Å²) in [5.41, 5.74) is 4.12. The van der Waals surface area contributed by atoms with Crippen molar-refractivity contribution in [3.8, 4) is 11.4 Å². The Kier molecular flexibility index (Phi) is 4.36. The smallest absolute Gasteiger partial charge is 0.261 e. The highest BCUT2D eigenvalue weighted by Gasteiger charge is 2.12. The van der Waals surface area contributed by atoms with Crippen LogP contribution in [-0.4, -0.2) is 9.55 Å². The van der Waals surface area contributed by atoms with Crippen LogP contribution < -0.4 is 5.56 Å². The van der Waals surface area contributed by atoms with Crippen LogP contribution in [0, 0.1) is 6.92 Å². The van der Waals surface area contributed by atoms with Gasteiger partial charge in [0.05, 0.1) is 10.9 Å². The van der Waals surface area contributed by atoms with Gasteiger partial charge in [0.25, 0.3) is 5.56 Å². The van der Waals surface area contributed by atoms with Gasteiger partial charge in [-0.3, -0.25) is 9.36 Å². The van der Waals surface area contributed by atoms with Crippen molar-refractivity contribution < 1.29 is 0 Å². The number of fused-ring (bicyclic) bond motifs is 1. The first-order valence-corrected chi connectivity index (χ1v) is 8.83. The second-order valence-corrected chi connectivity index (χ2v) is 6.51. The lowest BCUT2D eigenvalue weighted by Crippen LogP contribution is -2.24. The monoisotopic (exact) mass is 340 g/mol. The molecule has 128 valence electrons. The van der Waals surface area contributed by atoms with Crippen molar-refractivity contribution in [2.75, 3.05) is 0 Å². The first kappa shape index (κ1) is 16.3. The molecular weight excluding hydrogens is 320 g/mol. The zero-order chi connectivity index (χ0) is 17.9. The molecule has 4 rings (SSSR count). The lowest BCUT2D eigenvalue weighted by Gasteiger charge is -2.14. The van der Waals surface area contributed by atoms with Gasteiger partial charge in [0.15, 0.2) is 0 Å². The van der Waals surface area contributed by atoms with Gasteiger partial charge >= 0.3 is 0 Å². The van der Waals surface area contributed by atoms with E-state index >= 15 is 0 Å². The van der Waals surface area contributed by atoms with Crippen LogP contribution in [0.4, 0.5) is 0 Å². The summed E-state index contributed by atoms with van der Waals surface area (Å²) in [6.45, 7) is 2.66. The fraction of sp³-hybridized carbons (Fsp3) is 0.130. The van der Waals surface area contributed by atoms with Gasteiger partial charge in [0, 0.05) is 12.1 Å². The fourth-order valence-corrected chi connectivity index (χ4v) is 3.18. The Morgan fingerprint density at radius 2 is 1.54 bits per heavy atom. The quantitative estimate of drug-likeness (QED) is 0.543. The van der Waals surface area contributed by atoms with E-state index in [4.69, 9.17) is 4.98 Å². The number of aromatic nitrogens is 2. The SMILES string of the molecule is Cc1ccc(-c2nc3ccccc3c(=O)n2CCc2ccccc2)cc1. The van der Waals surface area contributed by atoms with E-state index in [1.54, 1.807) is 4.57 Å². The van der Waals surface area contributed by atoms with E-state index < -0.39 is 0 Å². The third-order valence-electron chi connectivity index (χ3n) is 4.64. The number of nitrogens with zero attached hydrogens (tertiary/aromatic N) is 2. The highest BCUT2D eigenvalue weighted by Crippen LogP contribution is 2.20. The van der Waals surface area contributed by atoms with Crippen molar-refractivity contribution >= 4 is 10.9 Å². The topological polar surface area (TPSA) is 34.9 Å². The molecule has 0 saturated carbocycles. The predicted octanol–water partition coefficient (Wildman–Crippen LogP) is 4.61. The van der Waals surface area contributed by atoms with E-state index in [-0.39, 0.29) is 5.56 Å². The second-order valence-electron chi connectivity index (χ2n) is 6.51. The van der Waals surface area contributed by atoms with Gasteiger partial charge in [-0.05, 0) is 31.0 Å². The van der Waals surface area contributed by atoms with E-state index in [0.29, 0.717) is 11.9 Å². The van der Waals surface area contributed by atoms with Gasteiger partial charge in [-0.15, -0.1) is 0 Å². The third kappa shape index (κ3) is 3.16. The van der Waals surface area contributed by atoms with Crippen LogP contribution in [0.5, 0.6) is 0 Å². The predicted molar refractivity (Wildman–Crippen MR) is 106 cm³/mol. The number of aryl methyl sites for hydroxylation is 2. The summed E-state index contributed by atoms with van der Waals surface area (Å²) >= 11 is 0. The Labute approximate surface area is 152 Å². The molecule has 0 amide bonds. The summed E-state index contributed by atoms with van der Waals surface area (Å²) in [6, 6.07) is 26.0. The van der Waals surface area contributed by atoms with E-state index in [9.17, 15) is 4.79 Å².